The molecule has 0 aliphatic rings. The van der Waals surface area contributed by atoms with E-state index in [1.54, 1.807) is 6.92 Å². The maximum absolute atomic E-state index is 13.4. The van der Waals surface area contributed by atoms with Crippen molar-refractivity contribution in [1.82, 2.24) is 0 Å². The highest BCUT2D eigenvalue weighted by atomic mass is 35.5. The van der Waals surface area contributed by atoms with Crippen molar-refractivity contribution in [2.24, 2.45) is 0 Å². The summed E-state index contributed by atoms with van der Waals surface area (Å²) >= 11 is 11.7. The summed E-state index contributed by atoms with van der Waals surface area (Å²) in [4.78, 5) is 23.6. The van der Waals surface area contributed by atoms with Gasteiger partial charge < -0.3 is 4.74 Å². The Morgan fingerprint density at radius 1 is 1.03 bits per heavy atom. The summed E-state index contributed by atoms with van der Waals surface area (Å²) in [5.41, 5.74) is -0.730. The minimum Gasteiger partial charge on any atom is -0.494 e. The first-order valence-electron chi connectivity index (χ1n) is 9.17. The van der Waals surface area contributed by atoms with Crippen LogP contribution < -0.4 is 9.04 Å². The Hall–Kier alpha value is -3.14. The molecule has 166 valence electrons. The van der Waals surface area contributed by atoms with Crippen molar-refractivity contribution >= 4 is 50.5 Å². The third-order valence-corrected chi connectivity index (χ3v) is 6.61. The minimum absolute atomic E-state index is 0.0195. The summed E-state index contributed by atoms with van der Waals surface area (Å²) in [6.07, 6.45) is 0. The summed E-state index contributed by atoms with van der Waals surface area (Å²) in [5.74, 6) is -0.515. The van der Waals surface area contributed by atoms with Crippen molar-refractivity contribution in [2.75, 3.05) is 10.9 Å². The van der Waals surface area contributed by atoms with Gasteiger partial charge in [-0.3, -0.25) is 14.9 Å². The fraction of sp³-hybridized carbons (Fsp3) is 0.0952. The number of nitro benzene ring substituents is 1. The van der Waals surface area contributed by atoms with Crippen LogP contribution >= 0.6 is 23.2 Å². The quantitative estimate of drug-likeness (QED) is 0.324. The Balaban J connectivity index is 2.16. The molecule has 0 N–H and O–H groups in total. The molecule has 0 saturated heterocycles. The second-order valence-corrected chi connectivity index (χ2v) is 9.01. The molecule has 3 aromatic rings. The van der Waals surface area contributed by atoms with Crippen molar-refractivity contribution in [1.29, 1.82) is 0 Å². The van der Waals surface area contributed by atoms with E-state index in [0.29, 0.717) is 21.7 Å². The van der Waals surface area contributed by atoms with Gasteiger partial charge in [0.1, 0.15) is 10.8 Å². The molecule has 3 aromatic carbocycles. The number of benzene rings is 3. The van der Waals surface area contributed by atoms with E-state index >= 15 is 0 Å². The molecule has 1 amide bonds. The standard InChI is InChI=1S/C21H16Cl2N2O6S/c1-2-31-17-8-6-16(7-9-17)24(32(29,30)18-10-4-15(22)5-11-18)21(26)14-3-12-19(23)20(13-14)25(27)28/h3-13H,2H2,1H3. The minimum atomic E-state index is -4.41. The van der Waals surface area contributed by atoms with E-state index in [1.165, 1.54) is 54.6 Å². The average Bonchev–Trinajstić information content (AvgIpc) is 2.75. The molecule has 0 saturated carbocycles. The van der Waals surface area contributed by atoms with Gasteiger partial charge in [0.25, 0.3) is 21.6 Å². The van der Waals surface area contributed by atoms with Crippen LogP contribution in [0.25, 0.3) is 0 Å². The summed E-state index contributed by atoms with van der Waals surface area (Å²) in [7, 11) is -4.41. The first-order chi connectivity index (χ1) is 15.1. The van der Waals surface area contributed by atoms with Crippen molar-refractivity contribution in [2.45, 2.75) is 11.8 Å². The van der Waals surface area contributed by atoms with Crippen molar-refractivity contribution in [3.63, 3.8) is 0 Å². The lowest BCUT2D eigenvalue weighted by Gasteiger charge is -2.23. The molecule has 0 bridgehead atoms. The molecule has 11 heteroatoms. The molecule has 0 unspecified atom stereocenters. The number of hydrogen-bond donors (Lipinski definition) is 0. The number of carbonyl (C=O) groups is 1. The molecule has 32 heavy (non-hydrogen) atoms. The molecule has 0 aromatic heterocycles. The van der Waals surface area contributed by atoms with Crippen molar-refractivity contribution < 1.29 is 22.9 Å². The van der Waals surface area contributed by atoms with Crippen LogP contribution in [0.2, 0.25) is 10.0 Å². The van der Waals surface area contributed by atoms with Crippen LogP contribution in [0.3, 0.4) is 0 Å². The van der Waals surface area contributed by atoms with Gasteiger partial charge in [0.15, 0.2) is 0 Å². The van der Waals surface area contributed by atoms with E-state index in [4.69, 9.17) is 27.9 Å². The topological polar surface area (TPSA) is 107 Å². The molecule has 0 heterocycles. The Morgan fingerprint density at radius 2 is 1.66 bits per heavy atom. The van der Waals surface area contributed by atoms with Gasteiger partial charge in [-0.05, 0) is 67.6 Å². The number of rotatable bonds is 7. The Labute approximate surface area is 194 Å². The van der Waals surface area contributed by atoms with Crippen molar-refractivity contribution in [3.8, 4) is 5.75 Å². The fourth-order valence-corrected chi connectivity index (χ4v) is 4.55. The van der Waals surface area contributed by atoms with Gasteiger partial charge in [-0.15, -0.1) is 0 Å². The van der Waals surface area contributed by atoms with E-state index in [9.17, 15) is 23.3 Å². The van der Waals surface area contributed by atoms with Gasteiger partial charge in [-0.25, -0.2) is 8.42 Å². The SMILES string of the molecule is CCOc1ccc(N(C(=O)c2ccc(Cl)c([N+](=O)[O-])c2)S(=O)(=O)c2ccc(Cl)cc2)cc1. The number of ether oxygens (including phenoxy) is 1. The third kappa shape index (κ3) is 4.85. The highest BCUT2D eigenvalue weighted by molar-refractivity contribution is 7.93. The zero-order chi connectivity index (χ0) is 23.5. The van der Waals surface area contributed by atoms with E-state index in [1.807, 2.05) is 0 Å². The molecular formula is C21H16Cl2N2O6S. The highest BCUT2D eigenvalue weighted by Crippen LogP contribution is 2.31. The monoisotopic (exact) mass is 494 g/mol. The van der Waals surface area contributed by atoms with Crippen LogP contribution in [-0.4, -0.2) is 25.9 Å². The van der Waals surface area contributed by atoms with Crippen LogP contribution in [-0.2, 0) is 10.0 Å². The van der Waals surface area contributed by atoms with Gasteiger partial charge in [0.05, 0.1) is 22.1 Å². The molecule has 0 spiro atoms. The van der Waals surface area contributed by atoms with Gasteiger partial charge in [0.2, 0.25) is 0 Å². The van der Waals surface area contributed by atoms with Crippen LogP contribution in [0.4, 0.5) is 11.4 Å². The number of halogens is 2. The summed E-state index contributed by atoms with van der Waals surface area (Å²) in [5, 5.41) is 11.4. The number of sulfonamides is 1. The van der Waals surface area contributed by atoms with Crippen LogP contribution in [0.5, 0.6) is 5.75 Å². The van der Waals surface area contributed by atoms with Crippen LogP contribution in [0.1, 0.15) is 17.3 Å². The Morgan fingerprint density at radius 3 is 2.22 bits per heavy atom. The number of hydrogen-bond acceptors (Lipinski definition) is 6. The second kappa shape index (κ2) is 9.56. The lowest BCUT2D eigenvalue weighted by molar-refractivity contribution is -0.384. The smallest absolute Gasteiger partial charge is 0.288 e. The number of amides is 1. The Kier molecular flexibility index (Phi) is 7.02. The highest BCUT2D eigenvalue weighted by Gasteiger charge is 2.33. The van der Waals surface area contributed by atoms with E-state index in [2.05, 4.69) is 0 Å². The molecule has 0 aliphatic carbocycles. The number of nitro groups is 1. The molecular weight excluding hydrogens is 479 g/mol. The third-order valence-electron chi connectivity index (χ3n) is 4.31. The maximum atomic E-state index is 13.4. The predicted molar refractivity (Wildman–Crippen MR) is 121 cm³/mol. The van der Waals surface area contributed by atoms with Crippen molar-refractivity contribution in [3.05, 3.63) is 92.5 Å². The Bertz CT molecular complexity index is 1260. The van der Waals surface area contributed by atoms with Crippen LogP contribution in [0, 0.1) is 10.1 Å². The first kappa shape index (κ1) is 23.5. The lowest BCUT2D eigenvalue weighted by Crippen LogP contribution is -2.37. The van der Waals surface area contributed by atoms with Gasteiger partial charge in [-0.2, -0.15) is 4.31 Å². The van der Waals surface area contributed by atoms with Gasteiger partial charge in [0, 0.05) is 16.7 Å². The molecule has 0 fully saturated rings. The largest absolute Gasteiger partial charge is 0.494 e. The lowest BCUT2D eigenvalue weighted by atomic mass is 10.2. The van der Waals surface area contributed by atoms with E-state index in [0.717, 1.165) is 12.1 Å². The first-order valence-corrected chi connectivity index (χ1v) is 11.4. The van der Waals surface area contributed by atoms with E-state index in [-0.39, 0.29) is 21.2 Å². The van der Waals surface area contributed by atoms with Crippen LogP contribution in [0.15, 0.2) is 71.6 Å². The second-order valence-electron chi connectivity index (χ2n) is 6.38. The average molecular weight is 495 g/mol. The number of anilines is 1. The van der Waals surface area contributed by atoms with E-state index < -0.39 is 26.5 Å². The van der Waals surface area contributed by atoms with Gasteiger partial charge >= 0.3 is 0 Å². The molecule has 0 aliphatic heterocycles. The maximum Gasteiger partial charge on any atom is 0.288 e. The molecule has 8 nitrogen and oxygen atoms in total. The summed E-state index contributed by atoms with van der Waals surface area (Å²) in [6.45, 7) is 2.20. The van der Waals surface area contributed by atoms with Gasteiger partial charge in [-0.1, -0.05) is 23.2 Å². The number of nitrogens with zero attached hydrogens (tertiary/aromatic N) is 2. The molecule has 3 rings (SSSR count). The summed E-state index contributed by atoms with van der Waals surface area (Å²) < 4.78 is 32.8. The fourth-order valence-electron chi connectivity index (χ4n) is 2.82. The molecule has 0 atom stereocenters. The predicted octanol–water partition coefficient (Wildman–Crippen LogP) is 5.34. The summed E-state index contributed by atoms with van der Waals surface area (Å²) in [6, 6.07) is 14.4. The zero-order valence-electron chi connectivity index (χ0n) is 16.6. The number of carbonyl (C=O) groups excluding carboxylic acids is 1. The molecule has 0 radical (unpaired) electrons. The normalized spacial score (nSPS) is 11.1. The zero-order valence-corrected chi connectivity index (χ0v) is 18.9.